The Morgan fingerprint density at radius 1 is 1.29 bits per heavy atom. The quantitative estimate of drug-likeness (QED) is 0.900. The number of hydrogen-bond acceptors (Lipinski definition) is 4. The van der Waals surface area contributed by atoms with Gasteiger partial charge in [-0.3, -0.25) is 4.79 Å². The van der Waals surface area contributed by atoms with Crippen LogP contribution in [0.2, 0.25) is 0 Å². The molecular formula is C18H24ClN3O2. The molecule has 1 saturated heterocycles. The molecule has 1 aromatic carbocycles. The van der Waals surface area contributed by atoms with Gasteiger partial charge < -0.3 is 14.7 Å². The van der Waals surface area contributed by atoms with Crippen molar-refractivity contribution in [1.82, 2.24) is 15.4 Å². The highest BCUT2D eigenvalue weighted by molar-refractivity contribution is 5.93. The van der Waals surface area contributed by atoms with Crippen molar-refractivity contribution < 1.29 is 9.32 Å². The zero-order valence-electron chi connectivity index (χ0n) is 13.9. The number of amides is 1. The van der Waals surface area contributed by atoms with Crippen LogP contribution in [0.3, 0.4) is 0 Å². The van der Waals surface area contributed by atoms with E-state index in [2.05, 4.69) is 10.5 Å². The smallest absolute Gasteiger partial charge is 0.276 e. The number of rotatable bonds is 5. The van der Waals surface area contributed by atoms with Gasteiger partial charge in [0.25, 0.3) is 5.91 Å². The number of carbonyl (C=O) groups is 1. The monoisotopic (exact) mass is 349 g/mol. The average molecular weight is 350 g/mol. The minimum atomic E-state index is -0.0250. The first-order valence-corrected chi connectivity index (χ1v) is 8.24. The van der Waals surface area contributed by atoms with Gasteiger partial charge in [0.1, 0.15) is 0 Å². The predicted octanol–water partition coefficient (Wildman–Crippen LogP) is 3.23. The third-order valence-electron chi connectivity index (χ3n) is 4.49. The van der Waals surface area contributed by atoms with Crippen molar-refractivity contribution in [2.45, 2.75) is 19.3 Å². The lowest BCUT2D eigenvalue weighted by Crippen LogP contribution is -2.39. The largest absolute Gasteiger partial charge is 0.355 e. The van der Waals surface area contributed by atoms with Gasteiger partial charge in [0.2, 0.25) is 0 Å². The summed E-state index contributed by atoms with van der Waals surface area (Å²) in [4.78, 5) is 14.4. The van der Waals surface area contributed by atoms with Gasteiger partial charge in [-0.1, -0.05) is 35.5 Å². The Kier molecular flexibility index (Phi) is 6.82. The highest BCUT2D eigenvalue weighted by Gasteiger charge is 2.25. The molecule has 1 N–H and O–H groups in total. The van der Waals surface area contributed by atoms with Gasteiger partial charge in [-0.15, -0.1) is 12.4 Å². The first kappa shape index (κ1) is 18.5. The minimum Gasteiger partial charge on any atom is -0.355 e. The number of nitrogens with zero attached hydrogens (tertiary/aromatic N) is 2. The summed E-state index contributed by atoms with van der Waals surface area (Å²) in [5.74, 6) is 1.32. The molecular weight excluding hydrogens is 326 g/mol. The second kappa shape index (κ2) is 8.85. The molecule has 1 aliphatic rings. The van der Waals surface area contributed by atoms with Gasteiger partial charge in [-0.05, 0) is 38.8 Å². The average Bonchev–Trinajstić information content (AvgIpc) is 3.11. The molecule has 2 aromatic rings. The highest BCUT2D eigenvalue weighted by atomic mass is 35.5. The zero-order chi connectivity index (χ0) is 16.1. The fourth-order valence-corrected chi connectivity index (χ4v) is 3.05. The summed E-state index contributed by atoms with van der Waals surface area (Å²) >= 11 is 0. The molecule has 1 fully saturated rings. The maximum absolute atomic E-state index is 12.6. The molecule has 6 heteroatoms. The summed E-state index contributed by atoms with van der Waals surface area (Å²) in [5, 5.41) is 7.15. The van der Waals surface area contributed by atoms with E-state index in [0.29, 0.717) is 17.4 Å². The van der Waals surface area contributed by atoms with Crippen molar-refractivity contribution in [2.75, 3.05) is 26.7 Å². The van der Waals surface area contributed by atoms with E-state index in [1.165, 1.54) is 6.42 Å². The van der Waals surface area contributed by atoms with Gasteiger partial charge in [-0.25, -0.2) is 0 Å². The molecule has 5 nitrogen and oxygen atoms in total. The lowest BCUT2D eigenvalue weighted by molar-refractivity contribution is 0.0677. The number of likely N-dealkylation sites (tertiary alicyclic amines) is 1. The molecule has 1 aromatic heterocycles. The van der Waals surface area contributed by atoms with Crippen molar-refractivity contribution in [3.63, 3.8) is 0 Å². The van der Waals surface area contributed by atoms with Gasteiger partial charge in [0, 0.05) is 24.7 Å². The molecule has 0 atom stereocenters. The summed E-state index contributed by atoms with van der Waals surface area (Å²) in [5.41, 5.74) is 1.34. The fourth-order valence-electron chi connectivity index (χ4n) is 3.05. The molecule has 0 radical (unpaired) electrons. The standard InChI is InChI=1S/C18H23N3O2.ClH/c1-19-10-7-14-8-11-21(12-9-14)18(22)16-13-17(23-20-16)15-5-3-2-4-6-15;/h2-6,13-14,19H,7-12H2,1H3;1H. The van der Waals surface area contributed by atoms with E-state index in [9.17, 15) is 4.79 Å². The normalized spacial score (nSPS) is 15.1. The Bertz CT molecular complexity index is 637. The summed E-state index contributed by atoms with van der Waals surface area (Å²) in [6.07, 6.45) is 3.31. The van der Waals surface area contributed by atoms with Crippen LogP contribution < -0.4 is 5.32 Å². The Morgan fingerprint density at radius 3 is 2.67 bits per heavy atom. The zero-order valence-corrected chi connectivity index (χ0v) is 14.7. The van der Waals surface area contributed by atoms with E-state index in [1.54, 1.807) is 6.07 Å². The van der Waals surface area contributed by atoms with Crippen LogP contribution in [0.4, 0.5) is 0 Å². The number of halogens is 1. The number of carbonyl (C=O) groups excluding carboxylic acids is 1. The van der Waals surface area contributed by atoms with Crippen LogP contribution in [0.1, 0.15) is 29.8 Å². The predicted molar refractivity (Wildman–Crippen MR) is 96.4 cm³/mol. The van der Waals surface area contributed by atoms with Crippen molar-refractivity contribution in [1.29, 1.82) is 0 Å². The number of nitrogens with one attached hydrogen (secondary N) is 1. The molecule has 24 heavy (non-hydrogen) atoms. The van der Waals surface area contributed by atoms with Gasteiger partial charge in [-0.2, -0.15) is 0 Å². The van der Waals surface area contributed by atoms with Crippen molar-refractivity contribution in [3.8, 4) is 11.3 Å². The van der Waals surface area contributed by atoms with Crippen molar-refractivity contribution in [2.24, 2.45) is 5.92 Å². The molecule has 130 valence electrons. The van der Waals surface area contributed by atoms with Crippen LogP contribution in [0.25, 0.3) is 11.3 Å². The maximum Gasteiger partial charge on any atom is 0.276 e. The topological polar surface area (TPSA) is 58.4 Å². The summed E-state index contributed by atoms with van der Waals surface area (Å²) in [7, 11) is 1.98. The van der Waals surface area contributed by atoms with E-state index in [0.717, 1.165) is 38.0 Å². The fraction of sp³-hybridized carbons (Fsp3) is 0.444. The third-order valence-corrected chi connectivity index (χ3v) is 4.49. The summed E-state index contributed by atoms with van der Waals surface area (Å²) in [6, 6.07) is 11.5. The van der Waals surface area contributed by atoms with E-state index < -0.39 is 0 Å². The second-order valence-corrected chi connectivity index (χ2v) is 6.07. The number of aromatic nitrogens is 1. The first-order valence-electron chi connectivity index (χ1n) is 8.24. The van der Waals surface area contributed by atoms with E-state index >= 15 is 0 Å². The van der Waals surface area contributed by atoms with Gasteiger partial charge in [0.15, 0.2) is 11.5 Å². The summed E-state index contributed by atoms with van der Waals surface area (Å²) in [6.45, 7) is 2.66. The number of hydrogen-bond donors (Lipinski definition) is 1. The van der Waals surface area contributed by atoms with E-state index in [1.807, 2.05) is 42.3 Å². The van der Waals surface area contributed by atoms with Gasteiger partial charge in [0.05, 0.1) is 0 Å². The third kappa shape index (κ3) is 4.36. The molecule has 0 saturated carbocycles. The van der Waals surface area contributed by atoms with Crippen molar-refractivity contribution >= 4 is 18.3 Å². The van der Waals surface area contributed by atoms with Crippen LogP contribution in [-0.2, 0) is 0 Å². The molecule has 1 amide bonds. The Balaban J connectivity index is 0.00000208. The molecule has 1 aliphatic heterocycles. The van der Waals surface area contributed by atoms with Crippen LogP contribution in [0, 0.1) is 5.92 Å². The van der Waals surface area contributed by atoms with Crippen LogP contribution >= 0.6 is 12.4 Å². The van der Waals surface area contributed by atoms with Crippen LogP contribution in [-0.4, -0.2) is 42.6 Å². The highest BCUT2D eigenvalue weighted by Crippen LogP contribution is 2.23. The van der Waals surface area contributed by atoms with E-state index in [4.69, 9.17) is 4.52 Å². The van der Waals surface area contributed by atoms with Gasteiger partial charge >= 0.3 is 0 Å². The lowest BCUT2D eigenvalue weighted by atomic mass is 9.93. The molecule has 0 unspecified atom stereocenters. The van der Waals surface area contributed by atoms with Crippen molar-refractivity contribution in [3.05, 3.63) is 42.1 Å². The lowest BCUT2D eigenvalue weighted by Gasteiger charge is -2.31. The van der Waals surface area contributed by atoms with Crippen LogP contribution in [0.5, 0.6) is 0 Å². The molecule has 0 spiro atoms. The summed E-state index contributed by atoms with van der Waals surface area (Å²) < 4.78 is 5.33. The number of piperidine rings is 1. The Morgan fingerprint density at radius 2 is 2.00 bits per heavy atom. The minimum absolute atomic E-state index is 0. The SMILES string of the molecule is CNCCC1CCN(C(=O)c2cc(-c3ccccc3)on2)CC1.Cl. The Labute approximate surface area is 148 Å². The Hall–Kier alpha value is -1.85. The number of benzene rings is 1. The maximum atomic E-state index is 12.6. The molecule has 0 aliphatic carbocycles. The molecule has 2 heterocycles. The first-order chi connectivity index (χ1) is 11.3. The molecule has 3 rings (SSSR count). The van der Waals surface area contributed by atoms with Crippen LogP contribution in [0.15, 0.2) is 40.9 Å². The second-order valence-electron chi connectivity index (χ2n) is 6.07. The van der Waals surface area contributed by atoms with E-state index in [-0.39, 0.29) is 18.3 Å². The molecule has 0 bridgehead atoms.